The van der Waals surface area contributed by atoms with Gasteiger partial charge >= 0.3 is 5.97 Å². The lowest BCUT2D eigenvalue weighted by Gasteiger charge is -2.14. The molecule has 0 rings (SSSR count). The molecular formula is C11H22O3Si. The van der Waals surface area contributed by atoms with E-state index in [0.717, 1.165) is 19.3 Å². The minimum Gasteiger partial charge on any atom is -0.305 e. The topological polar surface area (TPSA) is 35.5 Å². The third-order valence-electron chi connectivity index (χ3n) is 1.70. The molecule has 0 saturated carbocycles. The van der Waals surface area contributed by atoms with E-state index < -0.39 is 8.32 Å². The molecule has 15 heavy (non-hydrogen) atoms. The Bertz CT molecular complexity index is 228. The van der Waals surface area contributed by atoms with Gasteiger partial charge in [0.05, 0.1) is 0 Å². The number of rotatable bonds is 6. The molecule has 0 atom stereocenters. The predicted molar refractivity (Wildman–Crippen MR) is 63.8 cm³/mol. The fourth-order valence-electron chi connectivity index (χ4n) is 0.835. The Morgan fingerprint density at radius 3 is 2.40 bits per heavy atom. The summed E-state index contributed by atoms with van der Waals surface area (Å²) in [5.41, 5.74) is 0.627. The summed E-state index contributed by atoms with van der Waals surface area (Å²) in [5, 5.41) is 0. The smallest absolute Gasteiger partial charge is 0.305 e. The highest BCUT2D eigenvalue weighted by Crippen LogP contribution is 2.07. The zero-order chi connectivity index (χ0) is 11.9. The fraction of sp³-hybridized carbons (Fsp3) is 0.727. The van der Waals surface area contributed by atoms with Crippen molar-refractivity contribution in [2.75, 3.05) is 0 Å². The van der Waals surface area contributed by atoms with Gasteiger partial charge in [0.15, 0.2) is 0 Å². The Balaban J connectivity index is 3.94. The zero-order valence-corrected chi connectivity index (χ0v) is 11.4. The Kier molecular flexibility index (Phi) is 6.52. The first-order valence-electron chi connectivity index (χ1n) is 5.43. The van der Waals surface area contributed by atoms with Gasteiger partial charge in [0.25, 0.3) is 0 Å². The summed E-state index contributed by atoms with van der Waals surface area (Å²) in [6.07, 6.45) is 5.05. The van der Waals surface area contributed by atoms with Gasteiger partial charge in [-0.05, 0) is 33.0 Å². The molecule has 0 aliphatic carbocycles. The van der Waals surface area contributed by atoms with Gasteiger partial charge in [0.2, 0.25) is 8.32 Å². The average molecular weight is 230 g/mol. The Morgan fingerprint density at radius 1 is 1.33 bits per heavy atom. The van der Waals surface area contributed by atoms with Crippen LogP contribution >= 0.6 is 0 Å². The Morgan fingerprint density at radius 2 is 1.93 bits per heavy atom. The van der Waals surface area contributed by atoms with E-state index in [1.165, 1.54) is 0 Å². The summed E-state index contributed by atoms with van der Waals surface area (Å²) in [4.78, 5) is 16.1. The molecule has 0 heterocycles. The third-order valence-corrected chi connectivity index (χ3v) is 2.28. The number of carbonyl (C=O) groups excluding carboxylic acids is 1. The lowest BCUT2D eigenvalue weighted by atomic mass is 10.2. The Labute approximate surface area is 93.5 Å². The molecule has 0 aliphatic rings. The van der Waals surface area contributed by atoms with E-state index >= 15 is 0 Å². The van der Waals surface area contributed by atoms with Crippen molar-refractivity contribution in [1.29, 1.82) is 0 Å². The number of hydrogen-bond acceptors (Lipinski definition) is 3. The molecule has 4 heteroatoms. The first-order chi connectivity index (χ1) is 6.87. The van der Waals surface area contributed by atoms with E-state index in [9.17, 15) is 4.79 Å². The van der Waals surface area contributed by atoms with Crippen LogP contribution in [0.2, 0.25) is 19.6 Å². The molecule has 0 bridgehead atoms. The summed E-state index contributed by atoms with van der Waals surface area (Å²) in [7, 11) is -1.77. The van der Waals surface area contributed by atoms with E-state index in [2.05, 4.69) is 6.92 Å². The van der Waals surface area contributed by atoms with Crippen molar-refractivity contribution in [3.63, 3.8) is 0 Å². The van der Waals surface area contributed by atoms with Crippen LogP contribution in [0.1, 0.15) is 33.1 Å². The van der Waals surface area contributed by atoms with Crippen LogP contribution in [0.25, 0.3) is 0 Å². The minimum atomic E-state index is -1.77. The van der Waals surface area contributed by atoms with E-state index in [0.29, 0.717) is 5.57 Å². The maximum absolute atomic E-state index is 11.4. The summed E-state index contributed by atoms with van der Waals surface area (Å²) in [6, 6.07) is 0. The second-order valence-corrected chi connectivity index (χ2v) is 8.99. The van der Waals surface area contributed by atoms with Crippen LogP contribution in [-0.4, -0.2) is 14.3 Å². The molecule has 0 amide bonds. The Hall–Kier alpha value is -0.613. The van der Waals surface area contributed by atoms with Gasteiger partial charge in [-0.2, -0.15) is 0 Å². The van der Waals surface area contributed by atoms with Crippen molar-refractivity contribution in [3.8, 4) is 0 Å². The molecule has 0 aromatic rings. The molecule has 0 fully saturated rings. The standard InChI is InChI=1S/C11H22O3Si/c1-6-7-8-9-10(2)11(12)13-14-15(3,4)5/h9H,6-8H2,1-5H3. The van der Waals surface area contributed by atoms with Gasteiger partial charge in [-0.15, -0.1) is 0 Å². The van der Waals surface area contributed by atoms with Crippen molar-refractivity contribution in [2.24, 2.45) is 0 Å². The highest BCUT2D eigenvalue weighted by atomic mass is 28.4. The molecule has 0 saturated heterocycles. The maximum Gasteiger partial charge on any atom is 0.367 e. The molecule has 88 valence electrons. The average Bonchev–Trinajstić information content (AvgIpc) is 2.13. The first-order valence-corrected chi connectivity index (χ1v) is 8.84. The number of unbranched alkanes of at least 4 members (excludes halogenated alkanes) is 2. The fourth-order valence-corrected chi connectivity index (χ4v) is 1.16. The van der Waals surface area contributed by atoms with Crippen LogP contribution in [0.3, 0.4) is 0 Å². The number of carbonyl (C=O) groups is 1. The van der Waals surface area contributed by atoms with Crippen molar-refractivity contribution in [3.05, 3.63) is 11.6 Å². The maximum atomic E-state index is 11.4. The molecular weight excluding hydrogens is 208 g/mol. The van der Waals surface area contributed by atoms with E-state index in [4.69, 9.17) is 9.46 Å². The van der Waals surface area contributed by atoms with Gasteiger partial charge in [-0.3, -0.25) is 0 Å². The largest absolute Gasteiger partial charge is 0.367 e. The van der Waals surface area contributed by atoms with Crippen LogP contribution in [0.15, 0.2) is 11.6 Å². The van der Waals surface area contributed by atoms with Crippen molar-refractivity contribution >= 4 is 14.3 Å². The summed E-state index contributed by atoms with van der Waals surface area (Å²) in [5.74, 6) is -0.367. The monoisotopic (exact) mass is 230 g/mol. The van der Waals surface area contributed by atoms with Crippen LogP contribution in [0, 0.1) is 0 Å². The van der Waals surface area contributed by atoms with Crippen LogP contribution in [-0.2, 0) is 14.3 Å². The highest BCUT2D eigenvalue weighted by Gasteiger charge is 2.19. The highest BCUT2D eigenvalue weighted by molar-refractivity contribution is 6.69. The van der Waals surface area contributed by atoms with E-state index in [1.807, 2.05) is 25.7 Å². The predicted octanol–water partition coefficient (Wildman–Crippen LogP) is 3.43. The van der Waals surface area contributed by atoms with E-state index in [-0.39, 0.29) is 5.97 Å². The van der Waals surface area contributed by atoms with Crippen LogP contribution in [0.4, 0.5) is 0 Å². The molecule has 0 unspecified atom stereocenters. The van der Waals surface area contributed by atoms with Crippen molar-refractivity contribution in [1.82, 2.24) is 0 Å². The zero-order valence-electron chi connectivity index (χ0n) is 10.4. The second kappa shape index (κ2) is 6.79. The lowest BCUT2D eigenvalue weighted by Crippen LogP contribution is -2.27. The van der Waals surface area contributed by atoms with E-state index in [1.54, 1.807) is 6.92 Å². The molecule has 0 aromatic heterocycles. The van der Waals surface area contributed by atoms with Gasteiger partial charge in [-0.1, -0.05) is 25.8 Å². The van der Waals surface area contributed by atoms with Gasteiger partial charge in [0.1, 0.15) is 0 Å². The first kappa shape index (κ1) is 14.4. The van der Waals surface area contributed by atoms with Crippen LogP contribution < -0.4 is 0 Å². The molecule has 0 aromatic carbocycles. The van der Waals surface area contributed by atoms with Crippen molar-refractivity contribution < 1.29 is 14.3 Å². The van der Waals surface area contributed by atoms with Crippen LogP contribution in [0.5, 0.6) is 0 Å². The molecule has 3 nitrogen and oxygen atoms in total. The van der Waals surface area contributed by atoms with Gasteiger partial charge in [0, 0.05) is 5.57 Å². The molecule has 0 N–H and O–H groups in total. The number of hydrogen-bond donors (Lipinski definition) is 0. The molecule has 0 aliphatic heterocycles. The molecule has 0 radical (unpaired) electrons. The normalized spacial score (nSPS) is 12.7. The third kappa shape index (κ3) is 8.39. The second-order valence-electron chi connectivity index (χ2n) is 4.60. The minimum absolute atomic E-state index is 0.367. The summed E-state index contributed by atoms with van der Waals surface area (Å²) in [6.45, 7) is 9.78. The van der Waals surface area contributed by atoms with Gasteiger partial charge < -0.3 is 4.89 Å². The summed E-state index contributed by atoms with van der Waals surface area (Å²) >= 11 is 0. The number of allylic oxidation sites excluding steroid dienone is 1. The summed E-state index contributed by atoms with van der Waals surface area (Å²) < 4.78 is 5.07. The lowest BCUT2D eigenvalue weighted by molar-refractivity contribution is -0.214. The SMILES string of the molecule is CCCCC=C(C)C(=O)OO[Si](C)(C)C. The van der Waals surface area contributed by atoms with Crippen molar-refractivity contribution in [2.45, 2.75) is 52.8 Å². The van der Waals surface area contributed by atoms with Gasteiger partial charge in [-0.25, -0.2) is 9.37 Å². The molecule has 0 spiro atoms. The quantitative estimate of drug-likeness (QED) is 0.230.